The molecule has 39 heavy (non-hydrogen) atoms. The van der Waals surface area contributed by atoms with Crippen molar-refractivity contribution in [3.63, 3.8) is 0 Å². The van der Waals surface area contributed by atoms with Crippen LogP contribution in [0.15, 0.2) is 54.6 Å². The van der Waals surface area contributed by atoms with Gasteiger partial charge in [-0.25, -0.2) is 0 Å². The maximum absolute atomic E-state index is 14.7. The molecule has 198 valence electrons. The van der Waals surface area contributed by atoms with Crippen molar-refractivity contribution in [3.05, 3.63) is 92.5 Å². The Labute approximate surface area is 224 Å². The van der Waals surface area contributed by atoms with Crippen LogP contribution in [0.3, 0.4) is 0 Å². The molecule has 0 aromatic heterocycles. The first kappa shape index (κ1) is 23.8. The van der Waals surface area contributed by atoms with Gasteiger partial charge in [-0.3, -0.25) is 24.6 Å². The molecule has 9 nitrogen and oxygen atoms in total. The van der Waals surface area contributed by atoms with E-state index in [2.05, 4.69) is 10.2 Å². The standard InChI is InChI=1S/C30H27N3O6/c1-16-12-17(2)27-21(13-16)30(29(35)31-27)26(28(34)19-7-10-23-24(14-19)39-15-38-23)25(22-4-3-11-32(22)30)18-5-8-20(9-6-18)33(36)37/h5-10,12-14,22,25-26H,3-4,11,15H2,1-2H3,(H,31,35)/t22?,25?,26?,30-/m1/s1. The molecule has 0 bridgehead atoms. The lowest BCUT2D eigenvalue weighted by molar-refractivity contribution is -0.384. The highest BCUT2D eigenvalue weighted by atomic mass is 16.7. The largest absolute Gasteiger partial charge is 0.454 e. The van der Waals surface area contributed by atoms with Gasteiger partial charge < -0.3 is 14.8 Å². The van der Waals surface area contributed by atoms with E-state index >= 15 is 0 Å². The lowest BCUT2D eigenvalue weighted by Gasteiger charge is -2.37. The molecular formula is C30H27N3O6. The molecular weight excluding hydrogens is 498 g/mol. The van der Waals surface area contributed by atoms with Gasteiger partial charge in [0.1, 0.15) is 5.54 Å². The third-order valence-electron chi connectivity index (χ3n) is 8.88. The minimum Gasteiger partial charge on any atom is -0.454 e. The molecule has 4 aliphatic rings. The van der Waals surface area contributed by atoms with Crippen LogP contribution in [0.1, 0.15) is 51.4 Å². The fourth-order valence-electron chi connectivity index (χ4n) is 7.44. The molecule has 2 saturated heterocycles. The van der Waals surface area contributed by atoms with Gasteiger partial charge >= 0.3 is 0 Å². The number of hydrogen-bond acceptors (Lipinski definition) is 7. The molecule has 3 unspecified atom stereocenters. The monoisotopic (exact) mass is 525 g/mol. The number of nitrogens with zero attached hydrogens (tertiary/aromatic N) is 2. The summed E-state index contributed by atoms with van der Waals surface area (Å²) >= 11 is 0. The lowest BCUT2D eigenvalue weighted by Crippen LogP contribution is -2.52. The number of nitro groups is 1. The van der Waals surface area contributed by atoms with Crippen molar-refractivity contribution in [2.75, 3.05) is 18.7 Å². The summed E-state index contributed by atoms with van der Waals surface area (Å²) in [6.07, 6.45) is 1.72. The first-order chi connectivity index (χ1) is 18.8. The smallest absolute Gasteiger partial charge is 0.269 e. The van der Waals surface area contributed by atoms with Crippen molar-refractivity contribution in [2.45, 2.75) is 44.2 Å². The van der Waals surface area contributed by atoms with Crippen molar-refractivity contribution in [1.82, 2.24) is 4.90 Å². The second kappa shape index (κ2) is 8.38. The van der Waals surface area contributed by atoms with Crippen molar-refractivity contribution < 1.29 is 24.0 Å². The third-order valence-corrected chi connectivity index (χ3v) is 8.88. The Balaban J connectivity index is 1.47. The molecule has 3 aromatic rings. The molecule has 0 saturated carbocycles. The van der Waals surface area contributed by atoms with Crippen LogP contribution in [0.4, 0.5) is 11.4 Å². The van der Waals surface area contributed by atoms with Crippen LogP contribution in [0, 0.1) is 29.9 Å². The molecule has 4 aliphatic heterocycles. The topological polar surface area (TPSA) is 111 Å². The van der Waals surface area contributed by atoms with E-state index in [4.69, 9.17) is 9.47 Å². The molecule has 2 fully saturated rings. The average molecular weight is 526 g/mol. The Morgan fingerprint density at radius 3 is 2.62 bits per heavy atom. The Kier molecular flexibility index (Phi) is 5.12. The lowest BCUT2D eigenvalue weighted by atomic mass is 9.68. The second-order valence-corrected chi connectivity index (χ2v) is 10.9. The number of non-ortho nitro benzene ring substituents is 1. The first-order valence-electron chi connectivity index (χ1n) is 13.2. The Morgan fingerprint density at radius 2 is 1.85 bits per heavy atom. The zero-order chi connectivity index (χ0) is 27.1. The van der Waals surface area contributed by atoms with Crippen LogP contribution < -0.4 is 14.8 Å². The number of rotatable bonds is 4. The summed E-state index contributed by atoms with van der Waals surface area (Å²) < 4.78 is 11.0. The number of ketones is 1. The first-order valence-corrected chi connectivity index (χ1v) is 13.2. The minimum atomic E-state index is -1.20. The van der Waals surface area contributed by atoms with Gasteiger partial charge in [0, 0.05) is 40.9 Å². The van der Waals surface area contributed by atoms with E-state index < -0.39 is 16.4 Å². The van der Waals surface area contributed by atoms with Gasteiger partial charge in [-0.05, 0) is 62.6 Å². The molecule has 1 amide bonds. The van der Waals surface area contributed by atoms with E-state index in [0.29, 0.717) is 23.6 Å². The number of carbonyl (C=O) groups is 2. The highest BCUT2D eigenvalue weighted by Gasteiger charge is 2.69. The number of aryl methyl sites for hydroxylation is 2. The van der Waals surface area contributed by atoms with Gasteiger partial charge in [0.25, 0.3) is 5.69 Å². The maximum atomic E-state index is 14.7. The van der Waals surface area contributed by atoms with Crippen LogP contribution in [-0.2, 0) is 10.3 Å². The van der Waals surface area contributed by atoms with E-state index in [9.17, 15) is 19.7 Å². The van der Waals surface area contributed by atoms with Gasteiger partial charge in [-0.2, -0.15) is 0 Å². The molecule has 3 aromatic carbocycles. The molecule has 0 aliphatic carbocycles. The predicted octanol–water partition coefficient (Wildman–Crippen LogP) is 4.85. The summed E-state index contributed by atoms with van der Waals surface area (Å²) in [6, 6.07) is 15.6. The van der Waals surface area contributed by atoms with Crippen molar-refractivity contribution in [3.8, 4) is 11.5 Å². The Morgan fingerprint density at radius 1 is 1.08 bits per heavy atom. The number of fused-ring (bicyclic) bond motifs is 5. The second-order valence-electron chi connectivity index (χ2n) is 10.9. The van der Waals surface area contributed by atoms with E-state index in [0.717, 1.165) is 40.8 Å². The summed E-state index contributed by atoms with van der Waals surface area (Å²) in [5.41, 5.74) is 3.63. The maximum Gasteiger partial charge on any atom is 0.269 e. The number of ether oxygens (including phenoxy) is 2. The summed E-state index contributed by atoms with van der Waals surface area (Å²) in [6.45, 7) is 4.75. The quantitative estimate of drug-likeness (QED) is 0.295. The third kappa shape index (κ3) is 3.22. The molecule has 1 spiro atoms. The molecule has 9 heteroatoms. The van der Waals surface area contributed by atoms with E-state index in [-0.39, 0.29) is 36.1 Å². The molecule has 4 atom stereocenters. The van der Waals surface area contributed by atoms with E-state index in [1.165, 1.54) is 12.1 Å². The predicted molar refractivity (Wildman–Crippen MR) is 142 cm³/mol. The number of amides is 1. The zero-order valence-corrected chi connectivity index (χ0v) is 21.6. The zero-order valence-electron chi connectivity index (χ0n) is 21.6. The van der Waals surface area contributed by atoms with E-state index in [1.807, 2.05) is 26.0 Å². The van der Waals surface area contributed by atoms with Gasteiger partial charge in [-0.1, -0.05) is 29.8 Å². The fraction of sp³-hybridized carbons (Fsp3) is 0.333. The Hall–Kier alpha value is -4.24. The molecule has 0 radical (unpaired) electrons. The summed E-state index contributed by atoms with van der Waals surface area (Å²) in [5.74, 6) is -0.371. The number of nitro benzene ring substituents is 1. The highest BCUT2D eigenvalue weighted by molar-refractivity contribution is 6.13. The van der Waals surface area contributed by atoms with Crippen LogP contribution in [0.2, 0.25) is 0 Å². The van der Waals surface area contributed by atoms with Crippen molar-refractivity contribution in [1.29, 1.82) is 0 Å². The Bertz CT molecular complexity index is 1570. The minimum absolute atomic E-state index is 0.0106. The number of carbonyl (C=O) groups excluding carboxylic acids is 2. The number of nitrogens with one attached hydrogen (secondary N) is 1. The summed E-state index contributed by atoms with van der Waals surface area (Å²) in [5, 5.41) is 14.5. The van der Waals surface area contributed by atoms with Crippen LogP contribution in [0.25, 0.3) is 0 Å². The molecule has 4 heterocycles. The summed E-state index contributed by atoms with van der Waals surface area (Å²) in [4.78, 5) is 42.2. The van der Waals surface area contributed by atoms with Crippen molar-refractivity contribution >= 4 is 23.1 Å². The van der Waals surface area contributed by atoms with Gasteiger partial charge in [0.15, 0.2) is 17.3 Å². The molecule has 7 rings (SSSR count). The van der Waals surface area contributed by atoms with Crippen LogP contribution >= 0.6 is 0 Å². The number of hydrogen-bond donors (Lipinski definition) is 1. The number of anilines is 1. The van der Waals surface area contributed by atoms with E-state index in [1.54, 1.807) is 30.3 Å². The van der Waals surface area contributed by atoms with Gasteiger partial charge in [0.05, 0.1) is 10.8 Å². The molecule has 1 N–H and O–H groups in total. The fourth-order valence-corrected chi connectivity index (χ4v) is 7.44. The van der Waals surface area contributed by atoms with Gasteiger partial charge in [0.2, 0.25) is 12.7 Å². The van der Waals surface area contributed by atoms with Crippen LogP contribution in [-0.4, -0.2) is 40.9 Å². The number of benzene rings is 3. The number of Topliss-reactive ketones (excluding diaryl/α,β-unsaturated/α-hetero) is 1. The van der Waals surface area contributed by atoms with Crippen molar-refractivity contribution in [2.24, 2.45) is 5.92 Å². The average Bonchev–Trinajstić information content (AvgIpc) is 3.68. The summed E-state index contributed by atoms with van der Waals surface area (Å²) in [7, 11) is 0. The van der Waals surface area contributed by atoms with Gasteiger partial charge in [-0.15, -0.1) is 0 Å². The SMILES string of the molecule is Cc1cc(C)c2c(c1)[C@]1(C(=O)N2)C(C(=O)c2ccc3c(c2)OCO3)C(c2ccc([N+](=O)[O-])cc2)C2CCCN21. The normalized spacial score (nSPS) is 26.5. The van der Waals surface area contributed by atoms with Crippen LogP contribution in [0.5, 0.6) is 11.5 Å². The highest BCUT2D eigenvalue weighted by Crippen LogP contribution is 2.61.